The summed E-state index contributed by atoms with van der Waals surface area (Å²) in [5.74, 6) is 0.514. The van der Waals surface area contributed by atoms with E-state index in [1.807, 2.05) is 12.1 Å². The third-order valence-corrected chi connectivity index (χ3v) is 3.53. The van der Waals surface area contributed by atoms with E-state index in [1.54, 1.807) is 26.2 Å². The van der Waals surface area contributed by atoms with Gasteiger partial charge >= 0.3 is 0 Å². The van der Waals surface area contributed by atoms with Gasteiger partial charge in [-0.1, -0.05) is 12.1 Å². The molecule has 2 rings (SSSR count). The minimum atomic E-state index is -0.573. The number of anilines is 2. The third-order valence-electron chi connectivity index (χ3n) is 3.53. The van der Waals surface area contributed by atoms with Crippen LogP contribution in [0.25, 0.3) is 0 Å². The lowest BCUT2D eigenvalue weighted by Crippen LogP contribution is -2.32. The molecule has 0 aliphatic rings. The van der Waals surface area contributed by atoms with Gasteiger partial charge in [0.25, 0.3) is 5.69 Å². The van der Waals surface area contributed by atoms with Crippen molar-refractivity contribution in [2.45, 2.75) is 13.0 Å². The fourth-order valence-electron chi connectivity index (χ4n) is 2.20. The topological polar surface area (TPSA) is 103 Å². The van der Waals surface area contributed by atoms with Crippen molar-refractivity contribution in [1.82, 2.24) is 0 Å². The Morgan fingerprint density at radius 3 is 2.40 bits per heavy atom. The molecule has 0 saturated carbocycles. The minimum Gasteiger partial charge on any atom is -0.495 e. The summed E-state index contributed by atoms with van der Waals surface area (Å²) in [5, 5.41) is 16.6. The molecule has 25 heavy (non-hydrogen) atoms. The summed E-state index contributed by atoms with van der Waals surface area (Å²) in [5.41, 5.74) is 0.921. The number of carbonyl (C=O) groups excluding carboxylic acids is 1. The van der Waals surface area contributed by atoms with Crippen LogP contribution in [0.15, 0.2) is 42.5 Å². The highest BCUT2D eigenvalue weighted by atomic mass is 16.6. The van der Waals surface area contributed by atoms with Gasteiger partial charge in [-0.05, 0) is 25.1 Å². The second-order valence-electron chi connectivity index (χ2n) is 5.20. The predicted octanol–water partition coefficient (Wildman–Crippen LogP) is 3.05. The highest BCUT2D eigenvalue weighted by molar-refractivity contribution is 5.97. The zero-order valence-electron chi connectivity index (χ0n) is 14.1. The fraction of sp³-hybridized carbons (Fsp3) is 0.235. The Kier molecular flexibility index (Phi) is 5.78. The molecule has 0 spiro atoms. The fourth-order valence-corrected chi connectivity index (χ4v) is 2.20. The molecular weight excluding hydrogens is 326 g/mol. The maximum atomic E-state index is 12.4. The minimum absolute atomic E-state index is 0.116. The van der Waals surface area contributed by atoms with Crippen LogP contribution in [0.3, 0.4) is 0 Å². The van der Waals surface area contributed by atoms with Crippen LogP contribution in [-0.4, -0.2) is 31.1 Å². The van der Waals surface area contributed by atoms with E-state index in [1.165, 1.54) is 25.3 Å². The molecule has 2 aromatic rings. The lowest BCUT2D eigenvalue weighted by atomic mass is 10.2. The van der Waals surface area contributed by atoms with E-state index in [0.29, 0.717) is 17.1 Å². The van der Waals surface area contributed by atoms with Crippen molar-refractivity contribution in [3.63, 3.8) is 0 Å². The largest absolute Gasteiger partial charge is 0.495 e. The molecule has 0 heterocycles. The first-order valence-electron chi connectivity index (χ1n) is 7.49. The molecule has 1 unspecified atom stereocenters. The van der Waals surface area contributed by atoms with Crippen LogP contribution in [0, 0.1) is 10.1 Å². The molecule has 0 fully saturated rings. The normalized spacial score (nSPS) is 11.3. The number of ether oxygens (including phenoxy) is 2. The van der Waals surface area contributed by atoms with Gasteiger partial charge in [-0.15, -0.1) is 0 Å². The van der Waals surface area contributed by atoms with Gasteiger partial charge in [-0.2, -0.15) is 0 Å². The summed E-state index contributed by atoms with van der Waals surface area (Å²) < 4.78 is 10.4. The van der Waals surface area contributed by atoms with Gasteiger partial charge in [0.05, 0.1) is 36.6 Å². The molecule has 0 saturated heterocycles. The molecule has 8 heteroatoms. The average Bonchev–Trinajstić information content (AvgIpc) is 2.62. The monoisotopic (exact) mass is 345 g/mol. The number of para-hydroxylation sites is 2. The van der Waals surface area contributed by atoms with Gasteiger partial charge in [-0.3, -0.25) is 14.9 Å². The molecule has 2 aromatic carbocycles. The number of nitro benzene ring substituents is 1. The van der Waals surface area contributed by atoms with E-state index < -0.39 is 11.0 Å². The maximum absolute atomic E-state index is 12.4. The summed E-state index contributed by atoms with van der Waals surface area (Å²) in [6, 6.07) is 10.7. The number of nitrogens with zero attached hydrogens (tertiary/aromatic N) is 1. The predicted molar refractivity (Wildman–Crippen MR) is 94.4 cm³/mol. The number of non-ortho nitro benzene ring substituents is 1. The lowest BCUT2D eigenvalue weighted by Gasteiger charge is -2.18. The SMILES string of the molecule is COc1cc([N+](=O)[O-])ccc1NC(=O)C(C)Nc1ccccc1OC. The second kappa shape index (κ2) is 8.00. The molecule has 1 amide bonds. The van der Waals surface area contributed by atoms with E-state index in [2.05, 4.69) is 10.6 Å². The summed E-state index contributed by atoms with van der Waals surface area (Å²) in [7, 11) is 2.93. The summed E-state index contributed by atoms with van der Waals surface area (Å²) >= 11 is 0. The molecule has 0 aliphatic carbocycles. The molecule has 0 bridgehead atoms. The van der Waals surface area contributed by atoms with Crippen LogP contribution in [0.1, 0.15) is 6.92 Å². The summed E-state index contributed by atoms with van der Waals surface area (Å²) in [6.45, 7) is 1.69. The number of hydrogen-bond acceptors (Lipinski definition) is 6. The zero-order chi connectivity index (χ0) is 18.4. The lowest BCUT2D eigenvalue weighted by molar-refractivity contribution is -0.384. The Morgan fingerprint density at radius 1 is 1.08 bits per heavy atom. The van der Waals surface area contributed by atoms with Gasteiger partial charge in [-0.25, -0.2) is 0 Å². The van der Waals surface area contributed by atoms with Gasteiger partial charge in [0.2, 0.25) is 5.91 Å². The van der Waals surface area contributed by atoms with Crippen LogP contribution in [0.2, 0.25) is 0 Å². The first-order valence-corrected chi connectivity index (χ1v) is 7.49. The molecule has 1 atom stereocenters. The van der Waals surface area contributed by atoms with Crippen molar-refractivity contribution < 1.29 is 19.2 Å². The van der Waals surface area contributed by atoms with Gasteiger partial charge in [0, 0.05) is 6.07 Å². The Hall–Kier alpha value is -3.29. The Morgan fingerprint density at radius 2 is 1.76 bits per heavy atom. The standard InChI is InChI=1S/C17H19N3O5/c1-11(18-13-6-4-5-7-15(13)24-2)17(21)19-14-9-8-12(20(22)23)10-16(14)25-3/h4-11,18H,1-3H3,(H,19,21). The van der Waals surface area contributed by atoms with Crippen LogP contribution in [0.4, 0.5) is 17.1 Å². The van der Waals surface area contributed by atoms with Crippen molar-refractivity contribution >= 4 is 23.0 Å². The Bertz CT molecular complexity index is 779. The molecule has 0 radical (unpaired) electrons. The maximum Gasteiger partial charge on any atom is 0.273 e. The number of benzene rings is 2. The number of methoxy groups -OCH3 is 2. The van der Waals surface area contributed by atoms with Crippen molar-refractivity contribution in [1.29, 1.82) is 0 Å². The second-order valence-corrected chi connectivity index (χ2v) is 5.20. The van der Waals surface area contributed by atoms with Crippen molar-refractivity contribution in [3.8, 4) is 11.5 Å². The summed E-state index contributed by atoms with van der Waals surface area (Å²) in [6.07, 6.45) is 0. The van der Waals surface area contributed by atoms with Crippen molar-refractivity contribution in [3.05, 3.63) is 52.6 Å². The van der Waals surface area contributed by atoms with Gasteiger partial charge in [0.15, 0.2) is 0 Å². The van der Waals surface area contributed by atoms with Gasteiger partial charge in [0.1, 0.15) is 17.5 Å². The van der Waals surface area contributed by atoms with Crippen LogP contribution in [-0.2, 0) is 4.79 Å². The highest BCUT2D eigenvalue weighted by Crippen LogP contribution is 2.29. The number of nitrogens with one attached hydrogen (secondary N) is 2. The molecule has 132 valence electrons. The number of nitro groups is 1. The number of amides is 1. The third kappa shape index (κ3) is 4.37. The van der Waals surface area contributed by atoms with E-state index in [0.717, 1.165) is 0 Å². The average molecular weight is 345 g/mol. The first-order chi connectivity index (χ1) is 12.0. The van der Waals surface area contributed by atoms with Crippen LogP contribution >= 0.6 is 0 Å². The van der Waals surface area contributed by atoms with E-state index >= 15 is 0 Å². The number of hydrogen-bond donors (Lipinski definition) is 2. The quantitative estimate of drug-likeness (QED) is 0.590. The van der Waals surface area contributed by atoms with E-state index in [-0.39, 0.29) is 17.3 Å². The van der Waals surface area contributed by atoms with Gasteiger partial charge < -0.3 is 20.1 Å². The first kappa shape index (κ1) is 18.1. The zero-order valence-corrected chi connectivity index (χ0v) is 14.1. The highest BCUT2D eigenvalue weighted by Gasteiger charge is 2.18. The van der Waals surface area contributed by atoms with Crippen LogP contribution in [0.5, 0.6) is 11.5 Å². The molecule has 0 aliphatic heterocycles. The molecular formula is C17H19N3O5. The molecule has 8 nitrogen and oxygen atoms in total. The Labute approximate surface area is 144 Å². The van der Waals surface area contributed by atoms with E-state index in [4.69, 9.17) is 9.47 Å². The van der Waals surface area contributed by atoms with Crippen LogP contribution < -0.4 is 20.1 Å². The number of rotatable bonds is 7. The molecule has 0 aromatic heterocycles. The molecule has 2 N–H and O–H groups in total. The van der Waals surface area contributed by atoms with E-state index in [9.17, 15) is 14.9 Å². The number of carbonyl (C=O) groups is 1. The summed E-state index contributed by atoms with van der Waals surface area (Å²) in [4.78, 5) is 22.7. The van der Waals surface area contributed by atoms with Crippen molar-refractivity contribution in [2.75, 3.05) is 24.9 Å². The van der Waals surface area contributed by atoms with Crippen molar-refractivity contribution in [2.24, 2.45) is 0 Å². The smallest absolute Gasteiger partial charge is 0.273 e. The Balaban J connectivity index is 2.12.